The summed E-state index contributed by atoms with van der Waals surface area (Å²) in [5.74, 6) is -1.42. The van der Waals surface area contributed by atoms with Gasteiger partial charge in [0.2, 0.25) is 0 Å². The summed E-state index contributed by atoms with van der Waals surface area (Å²) in [6.45, 7) is -0.171. The number of hydrogen-bond donors (Lipinski definition) is 1. The number of carboxylic acids is 1. The van der Waals surface area contributed by atoms with Gasteiger partial charge in [-0.15, -0.1) is 0 Å². The van der Waals surface area contributed by atoms with Crippen LogP contribution in [0.1, 0.15) is 0 Å². The maximum absolute atomic E-state index is 10.7. The highest BCUT2D eigenvalue weighted by molar-refractivity contribution is 5.80. The lowest BCUT2D eigenvalue weighted by atomic mass is 10.2. The van der Waals surface area contributed by atoms with E-state index in [0.717, 1.165) is 10.9 Å². The molecule has 1 aromatic heterocycles. The summed E-state index contributed by atoms with van der Waals surface area (Å²) in [5, 5.41) is 20.3. The monoisotopic (exact) mass is 234 g/mol. The lowest BCUT2D eigenvalue weighted by Crippen LogP contribution is -2.33. The average molecular weight is 234 g/mol. The van der Waals surface area contributed by atoms with Gasteiger partial charge in [0.1, 0.15) is 6.54 Å². The van der Waals surface area contributed by atoms with Gasteiger partial charge < -0.3 is 9.67 Å². The fourth-order valence-corrected chi connectivity index (χ4v) is 1.72. The molecule has 0 bridgehead atoms. The van der Waals surface area contributed by atoms with E-state index in [1.54, 1.807) is 29.0 Å². The number of fused-ring (bicyclic) bond motifs is 1. The van der Waals surface area contributed by atoms with E-state index in [4.69, 9.17) is 5.11 Å². The van der Waals surface area contributed by atoms with Crippen LogP contribution in [-0.2, 0) is 11.3 Å². The minimum Gasteiger partial charge on any atom is -0.476 e. The SMILES string of the molecule is O=C(O)C(Cn1ccc2ccccc21)[N+](=O)[O-]. The molecule has 0 radical (unpaired) electrons. The smallest absolute Gasteiger partial charge is 0.381 e. The second kappa shape index (κ2) is 4.25. The fourth-order valence-electron chi connectivity index (χ4n) is 1.72. The summed E-state index contributed by atoms with van der Waals surface area (Å²) in [7, 11) is 0. The Bertz CT molecular complexity index is 562. The molecule has 0 fully saturated rings. The number of hydrogen-bond acceptors (Lipinski definition) is 3. The van der Waals surface area contributed by atoms with Crippen LogP contribution in [0.4, 0.5) is 0 Å². The van der Waals surface area contributed by atoms with Crippen molar-refractivity contribution in [3.05, 3.63) is 46.6 Å². The van der Waals surface area contributed by atoms with E-state index in [1.165, 1.54) is 0 Å². The first-order valence-corrected chi connectivity index (χ1v) is 5.00. The van der Waals surface area contributed by atoms with Crippen molar-refractivity contribution in [1.29, 1.82) is 0 Å². The molecule has 1 N–H and O–H groups in total. The van der Waals surface area contributed by atoms with Gasteiger partial charge in [-0.1, -0.05) is 18.2 Å². The van der Waals surface area contributed by atoms with Gasteiger partial charge in [-0.05, 0) is 17.5 Å². The van der Waals surface area contributed by atoms with Crippen molar-refractivity contribution in [2.24, 2.45) is 0 Å². The lowest BCUT2D eigenvalue weighted by molar-refractivity contribution is -0.512. The maximum atomic E-state index is 10.7. The summed E-state index contributed by atoms with van der Waals surface area (Å²) in [6.07, 6.45) is 1.66. The zero-order valence-corrected chi connectivity index (χ0v) is 8.81. The highest BCUT2D eigenvalue weighted by Crippen LogP contribution is 2.15. The zero-order chi connectivity index (χ0) is 12.4. The summed E-state index contributed by atoms with van der Waals surface area (Å²) >= 11 is 0. The number of benzene rings is 1. The van der Waals surface area contributed by atoms with Crippen molar-refractivity contribution in [2.75, 3.05) is 0 Å². The van der Waals surface area contributed by atoms with Crippen molar-refractivity contribution in [3.8, 4) is 0 Å². The number of carboxylic acid groups (broad SMARTS) is 1. The molecule has 0 aliphatic carbocycles. The molecule has 2 aromatic rings. The molecule has 2 rings (SSSR count). The fraction of sp³-hybridized carbons (Fsp3) is 0.182. The maximum Gasteiger partial charge on any atom is 0.381 e. The van der Waals surface area contributed by atoms with E-state index in [9.17, 15) is 14.9 Å². The van der Waals surface area contributed by atoms with E-state index < -0.39 is 16.9 Å². The van der Waals surface area contributed by atoms with Gasteiger partial charge in [-0.2, -0.15) is 0 Å². The third-order valence-electron chi connectivity index (χ3n) is 2.59. The van der Waals surface area contributed by atoms with Gasteiger partial charge in [0.25, 0.3) is 0 Å². The average Bonchev–Trinajstić information content (AvgIpc) is 2.68. The largest absolute Gasteiger partial charge is 0.476 e. The Morgan fingerprint density at radius 2 is 2.12 bits per heavy atom. The zero-order valence-electron chi connectivity index (χ0n) is 8.81. The molecule has 17 heavy (non-hydrogen) atoms. The number of nitro groups is 1. The molecule has 1 atom stereocenters. The van der Waals surface area contributed by atoms with Crippen LogP contribution in [0.15, 0.2) is 36.5 Å². The summed E-state index contributed by atoms with van der Waals surface area (Å²) in [4.78, 5) is 20.6. The van der Waals surface area contributed by atoms with Gasteiger partial charge in [0, 0.05) is 16.6 Å². The Kier molecular flexibility index (Phi) is 2.78. The van der Waals surface area contributed by atoms with E-state index in [0.29, 0.717) is 0 Å². The Labute approximate surface area is 96.2 Å². The third kappa shape index (κ3) is 2.10. The summed E-state index contributed by atoms with van der Waals surface area (Å²) in [6, 6.07) is 7.51. The van der Waals surface area contributed by atoms with Gasteiger partial charge in [0.05, 0.1) is 0 Å². The van der Waals surface area contributed by atoms with Crippen molar-refractivity contribution >= 4 is 16.9 Å². The number of rotatable bonds is 4. The van der Waals surface area contributed by atoms with Crippen LogP contribution in [-0.4, -0.2) is 26.6 Å². The quantitative estimate of drug-likeness (QED) is 0.639. The molecule has 0 amide bonds. The first-order valence-electron chi connectivity index (χ1n) is 5.00. The van der Waals surface area contributed by atoms with Crippen LogP contribution in [0, 0.1) is 10.1 Å². The Morgan fingerprint density at radius 1 is 1.41 bits per heavy atom. The van der Waals surface area contributed by atoms with E-state index in [2.05, 4.69) is 0 Å². The Hall–Kier alpha value is -2.37. The van der Waals surface area contributed by atoms with Crippen molar-refractivity contribution < 1.29 is 14.8 Å². The molecule has 0 aliphatic heterocycles. The lowest BCUT2D eigenvalue weighted by Gasteiger charge is -2.07. The van der Waals surface area contributed by atoms with Crippen LogP contribution in [0.2, 0.25) is 0 Å². The highest BCUT2D eigenvalue weighted by atomic mass is 16.6. The predicted molar refractivity (Wildman–Crippen MR) is 60.4 cm³/mol. The molecule has 1 heterocycles. The second-order valence-electron chi connectivity index (χ2n) is 3.67. The number of aliphatic carboxylic acids is 1. The predicted octanol–water partition coefficient (Wildman–Crippen LogP) is 1.37. The van der Waals surface area contributed by atoms with Crippen LogP contribution in [0.25, 0.3) is 10.9 Å². The molecule has 0 aliphatic rings. The minimum atomic E-state index is -1.62. The highest BCUT2D eigenvalue weighted by Gasteiger charge is 2.29. The van der Waals surface area contributed by atoms with Crippen molar-refractivity contribution in [2.45, 2.75) is 12.6 Å². The molecule has 0 saturated carbocycles. The molecular weight excluding hydrogens is 224 g/mol. The van der Waals surface area contributed by atoms with Gasteiger partial charge in [0.15, 0.2) is 0 Å². The van der Waals surface area contributed by atoms with E-state index in [-0.39, 0.29) is 6.54 Å². The first-order chi connectivity index (χ1) is 8.09. The van der Waals surface area contributed by atoms with Crippen molar-refractivity contribution in [3.63, 3.8) is 0 Å². The van der Waals surface area contributed by atoms with Crippen LogP contribution >= 0.6 is 0 Å². The van der Waals surface area contributed by atoms with E-state index in [1.807, 2.05) is 12.1 Å². The number of para-hydroxylation sites is 1. The van der Waals surface area contributed by atoms with Gasteiger partial charge >= 0.3 is 12.0 Å². The first kappa shape index (κ1) is 11.1. The topological polar surface area (TPSA) is 85.4 Å². The Balaban J connectivity index is 2.35. The van der Waals surface area contributed by atoms with E-state index >= 15 is 0 Å². The van der Waals surface area contributed by atoms with Gasteiger partial charge in [-0.25, -0.2) is 4.79 Å². The van der Waals surface area contributed by atoms with Crippen LogP contribution in [0.3, 0.4) is 0 Å². The molecule has 0 saturated heterocycles. The number of carbonyl (C=O) groups is 1. The standard InChI is InChI=1S/C11H10N2O4/c14-11(15)10(13(16)17)7-12-6-5-8-3-1-2-4-9(8)12/h1-6,10H,7H2,(H,14,15). The number of aromatic nitrogens is 1. The summed E-state index contributed by atoms with van der Waals surface area (Å²) in [5.41, 5.74) is 0.792. The molecule has 6 nitrogen and oxygen atoms in total. The minimum absolute atomic E-state index is 0.171. The van der Waals surface area contributed by atoms with Crippen LogP contribution in [0.5, 0.6) is 0 Å². The second-order valence-corrected chi connectivity index (χ2v) is 3.67. The summed E-state index contributed by atoms with van der Waals surface area (Å²) < 4.78 is 1.58. The normalized spacial score (nSPS) is 12.5. The van der Waals surface area contributed by atoms with Gasteiger partial charge in [-0.3, -0.25) is 10.1 Å². The molecule has 1 aromatic carbocycles. The molecular formula is C11H10N2O4. The van der Waals surface area contributed by atoms with Crippen molar-refractivity contribution in [1.82, 2.24) is 4.57 Å². The molecule has 88 valence electrons. The molecule has 6 heteroatoms. The number of nitrogens with zero attached hydrogens (tertiary/aromatic N) is 2. The molecule has 1 unspecified atom stereocenters. The molecule has 0 spiro atoms. The van der Waals surface area contributed by atoms with Crippen LogP contribution < -0.4 is 0 Å². The third-order valence-corrected chi connectivity index (χ3v) is 2.59. The Morgan fingerprint density at radius 3 is 2.76 bits per heavy atom.